The normalized spacial score (nSPS) is 11.6. The van der Waals surface area contributed by atoms with Crippen molar-refractivity contribution in [2.45, 2.75) is 66.5 Å². The summed E-state index contributed by atoms with van der Waals surface area (Å²) in [5.41, 5.74) is 0. The minimum absolute atomic E-state index is 0.257. The largest absolute Gasteiger partial charge is 0.337 e. The zero-order valence-corrected chi connectivity index (χ0v) is 12.5. The molecule has 0 saturated heterocycles. The smallest absolute Gasteiger partial charge is 0.237 e. The molecule has 0 aromatic rings. The molecule has 3 nitrogen and oxygen atoms in total. The van der Waals surface area contributed by atoms with Crippen LogP contribution in [0.3, 0.4) is 0 Å². The number of carbonyl (C=O) groups is 1. The summed E-state index contributed by atoms with van der Waals surface area (Å²) in [5.74, 6) is 0.257. The lowest BCUT2D eigenvalue weighted by Crippen LogP contribution is -2.47. The molecule has 0 rings (SSSR count). The molecule has 102 valence electrons. The fourth-order valence-corrected chi connectivity index (χ4v) is 2.18. The first-order chi connectivity index (χ1) is 7.93. The number of likely N-dealkylation sites (N-methyl/N-ethyl adjacent to an activating group) is 1. The van der Waals surface area contributed by atoms with Crippen LogP contribution >= 0.6 is 0 Å². The molecular formula is C14H30N2O. The Labute approximate surface area is 107 Å². The molecule has 0 atom stereocenters. The van der Waals surface area contributed by atoms with Crippen molar-refractivity contribution in [3.63, 3.8) is 0 Å². The highest BCUT2D eigenvalue weighted by atomic mass is 16.2. The number of rotatable bonds is 8. The maximum absolute atomic E-state index is 12.2. The molecule has 0 aliphatic heterocycles. The number of hydrogen-bond acceptors (Lipinski definition) is 2. The molecule has 0 aromatic heterocycles. The summed E-state index contributed by atoms with van der Waals surface area (Å²) < 4.78 is 0. The van der Waals surface area contributed by atoms with Gasteiger partial charge in [0.05, 0.1) is 6.54 Å². The lowest BCUT2D eigenvalue weighted by molar-refractivity contribution is -0.136. The van der Waals surface area contributed by atoms with Crippen molar-refractivity contribution in [3.05, 3.63) is 0 Å². The first-order valence-corrected chi connectivity index (χ1v) is 6.97. The van der Waals surface area contributed by atoms with Gasteiger partial charge in [-0.2, -0.15) is 0 Å². The van der Waals surface area contributed by atoms with Gasteiger partial charge in [0, 0.05) is 12.1 Å². The summed E-state index contributed by atoms with van der Waals surface area (Å²) >= 11 is 0. The van der Waals surface area contributed by atoms with Crippen molar-refractivity contribution >= 4 is 5.91 Å². The van der Waals surface area contributed by atoms with E-state index in [-0.39, 0.29) is 18.0 Å². The third kappa shape index (κ3) is 6.06. The van der Waals surface area contributed by atoms with E-state index < -0.39 is 0 Å². The van der Waals surface area contributed by atoms with E-state index in [1.54, 1.807) is 0 Å². The van der Waals surface area contributed by atoms with Crippen molar-refractivity contribution in [2.24, 2.45) is 0 Å². The summed E-state index contributed by atoms with van der Waals surface area (Å²) in [4.78, 5) is 16.5. The van der Waals surface area contributed by atoms with Gasteiger partial charge in [0.2, 0.25) is 5.91 Å². The van der Waals surface area contributed by atoms with Crippen LogP contribution in [0.15, 0.2) is 0 Å². The molecule has 0 aliphatic rings. The highest BCUT2D eigenvalue weighted by Crippen LogP contribution is 2.07. The molecule has 0 aromatic carbocycles. The van der Waals surface area contributed by atoms with Gasteiger partial charge in [0.15, 0.2) is 0 Å². The van der Waals surface area contributed by atoms with Crippen molar-refractivity contribution in [2.75, 3.05) is 19.6 Å². The fraction of sp³-hybridized carbons (Fsp3) is 0.929. The summed E-state index contributed by atoms with van der Waals surface area (Å²) in [7, 11) is 0. The third-order valence-electron chi connectivity index (χ3n) is 3.03. The van der Waals surface area contributed by atoms with E-state index in [4.69, 9.17) is 0 Å². The van der Waals surface area contributed by atoms with Crippen molar-refractivity contribution in [1.29, 1.82) is 0 Å². The number of hydrogen-bond donors (Lipinski definition) is 0. The minimum Gasteiger partial charge on any atom is -0.337 e. The van der Waals surface area contributed by atoms with Crippen molar-refractivity contribution < 1.29 is 4.79 Å². The molecule has 0 radical (unpaired) electrons. The quantitative estimate of drug-likeness (QED) is 0.653. The Bertz CT molecular complexity index is 206. The average molecular weight is 242 g/mol. The van der Waals surface area contributed by atoms with Crippen LogP contribution in [-0.2, 0) is 4.79 Å². The van der Waals surface area contributed by atoms with E-state index >= 15 is 0 Å². The van der Waals surface area contributed by atoms with Crippen LogP contribution in [0.2, 0.25) is 0 Å². The number of unbranched alkanes of at least 4 members (excludes halogenated alkanes) is 1. The second kappa shape index (κ2) is 8.51. The number of carbonyl (C=O) groups excluding carboxylic acids is 1. The monoisotopic (exact) mass is 242 g/mol. The maximum Gasteiger partial charge on any atom is 0.237 e. The zero-order valence-electron chi connectivity index (χ0n) is 12.5. The molecule has 0 bridgehead atoms. The van der Waals surface area contributed by atoms with E-state index in [2.05, 4.69) is 46.4 Å². The predicted octanol–water partition coefficient (Wildman–Crippen LogP) is 2.75. The lowest BCUT2D eigenvalue weighted by Gasteiger charge is -2.33. The molecule has 3 heteroatoms. The Balaban J connectivity index is 4.36. The molecule has 0 N–H and O–H groups in total. The molecule has 0 saturated carbocycles. The molecule has 0 fully saturated rings. The molecule has 0 spiro atoms. The molecule has 0 heterocycles. The zero-order chi connectivity index (χ0) is 13.4. The third-order valence-corrected chi connectivity index (χ3v) is 3.03. The Hall–Kier alpha value is -0.570. The van der Waals surface area contributed by atoms with Gasteiger partial charge in [0.1, 0.15) is 0 Å². The molecule has 17 heavy (non-hydrogen) atoms. The Morgan fingerprint density at radius 2 is 1.59 bits per heavy atom. The van der Waals surface area contributed by atoms with Gasteiger partial charge in [-0.3, -0.25) is 9.69 Å². The molecule has 0 aliphatic carbocycles. The van der Waals surface area contributed by atoms with Gasteiger partial charge < -0.3 is 4.90 Å². The summed E-state index contributed by atoms with van der Waals surface area (Å²) in [6.45, 7) is 15.2. The average Bonchev–Trinajstić information content (AvgIpc) is 2.22. The second-order valence-electron chi connectivity index (χ2n) is 5.21. The SMILES string of the molecule is CCCCN(CC)CC(=O)N(C(C)C)C(C)C. The molecule has 0 unspecified atom stereocenters. The number of nitrogens with zero attached hydrogens (tertiary/aromatic N) is 2. The van der Waals surface area contributed by atoms with Crippen LogP contribution in [0.25, 0.3) is 0 Å². The maximum atomic E-state index is 12.2. The first kappa shape index (κ1) is 16.4. The van der Waals surface area contributed by atoms with E-state index in [1.165, 1.54) is 12.8 Å². The topological polar surface area (TPSA) is 23.6 Å². The summed E-state index contributed by atoms with van der Waals surface area (Å²) in [5, 5.41) is 0. The lowest BCUT2D eigenvalue weighted by atomic mass is 10.2. The van der Waals surface area contributed by atoms with E-state index in [0.29, 0.717) is 6.54 Å². The fourth-order valence-electron chi connectivity index (χ4n) is 2.18. The van der Waals surface area contributed by atoms with E-state index in [1.807, 2.05) is 4.90 Å². The van der Waals surface area contributed by atoms with Gasteiger partial charge in [-0.1, -0.05) is 20.3 Å². The van der Waals surface area contributed by atoms with Crippen LogP contribution in [0.1, 0.15) is 54.4 Å². The van der Waals surface area contributed by atoms with Crippen LogP contribution in [0.5, 0.6) is 0 Å². The second-order valence-corrected chi connectivity index (χ2v) is 5.21. The van der Waals surface area contributed by atoms with Gasteiger partial charge in [0.25, 0.3) is 0 Å². The van der Waals surface area contributed by atoms with Gasteiger partial charge in [-0.25, -0.2) is 0 Å². The Kier molecular flexibility index (Phi) is 8.23. The Morgan fingerprint density at radius 1 is 1.06 bits per heavy atom. The predicted molar refractivity (Wildman–Crippen MR) is 74.1 cm³/mol. The highest BCUT2D eigenvalue weighted by molar-refractivity contribution is 5.78. The highest BCUT2D eigenvalue weighted by Gasteiger charge is 2.21. The van der Waals surface area contributed by atoms with Gasteiger partial charge >= 0.3 is 0 Å². The van der Waals surface area contributed by atoms with Crippen LogP contribution in [0, 0.1) is 0 Å². The molecule has 1 amide bonds. The Morgan fingerprint density at radius 3 is 1.94 bits per heavy atom. The van der Waals surface area contributed by atoms with Gasteiger partial charge in [-0.05, 0) is 47.2 Å². The summed E-state index contributed by atoms with van der Waals surface area (Å²) in [6.07, 6.45) is 2.35. The summed E-state index contributed by atoms with van der Waals surface area (Å²) in [6, 6.07) is 0.569. The van der Waals surface area contributed by atoms with Crippen LogP contribution < -0.4 is 0 Å². The van der Waals surface area contributed by atoms with Crippen molar-refractivity contribution in [3.8, 4) is 0 Å². The minimum atomic E-state index is 0.257. The molecular weight excluding hydrogens is 212 g/mol. The van der Waals surface area contributed by atoms with E-state index in [0.717, 1.165) is 13.1 Å². The van der Waals surface area contributed by atoms with Crippen molar-refractivity contribution in [1.82, 2.24) is 9.80 Å². The van der Waals surface area contributed by atoms with Crippen LogP contribution in [-0.4, -0.2) is 47.4 Å². The van der Waals surface area contributed by atoms with Crippen LogP contribution in [0.4, 0.5) is 0 Å². The first-order valence-electron chi connectivity index (χ1n) is 6.97. The standard InChI is InChI=1S/C14H30N2O/c1-7-9-10-15(8-2)11-14(17)16(12(3)4)13(5)6/h12-13H,7-11H2,1-6H3. The van der Waals surface area contributed by atoms with E-state index in [9.17, 15) is 4.79 Å². The number of amides is 1. The van der Waals surface area contributed by atoms with Gasteiger partial charge in [-0.15, -0.1) is 0 Å².